The number of piperidine rings is 1. The molecule has 1 aromatic carbocycles. The maximum Gasteiger partial charge on any atom is 0.254 e. The highest BCUT2D eigenvalue weighted by atomic mass is 16.2. The maximum atomic E-state index is 12.4. The van der Waals surface area contributed by atoms with Gasteiger partial charge in [-0.1, -0.05) is 0 Å². The molecule has 5 nitrogen and oxygen atoms in total. The summed E-state index contributed by atoms with van der Waals surface area (Å²) >= 11 is 0. The van der Waals surface area contributed by atoms with Gasteiger partial charge in [0, 0.05) is 30.3 Å². The molecule has 1 heterocycles. The van der Waals surface area contributed by atoms with Crippen LogP contribution in [0.5, 0.6) is 0 Å². The fourth-order valence-electron chi connectivity index (χ4n) is 2.46. The number of amides is 2. The molecule has 0 aromatic heterocycles. The van der Waals surface area contributed by atoms with E-state index in [9.17, 15) is 9.59 Å². The zero-order valence-corrected chi connectivity index (χ0v) is 11.1. The quantitative estimate of drug-likeness (QED) is 0.775. The van der Waals surface area contributed by atoms with Crippen LogP contribution in [0.15, 0.2) is 18.2 Å². The van der Waals surface area contributed by atoms with E-state index in [1.807, 2.05) is 6.92 Å². The van der Waals surface area contributed by atoms with Crippen molar-refractivity contribution in [3.63, 3.8) is 0 Å². The first kappa shape index (κ1) is 13.4. The van der Waals surface area contributed by atoms with E-state index >= 15 is 0 Å². The number of carbonyl (C=O) groups excluding carboxylic acids is 2. The van der Waals surface area contributed by atoms with Crippen molar-refractivity contribution in [3.05, 3.63) is 29.3 Å². The Kier molecular flexibility index (Phi) is 3.74. The predicted octanol–water partition coefficient (Wildman–Crippen LogP) is 0.915. The second kappa shape index (κ2) is 5.30. The van der Waals surface area contributed by atoms with E-state index in [4.69, 9.17) is 11.5 Å². The number of carbonyl (C=O) groups is 2. The Balaban J connectivity index is 2.07. The summed E-state index contributed by atoms with van der Waals surface area (Å²) in [6.45, 7) is 3.03. The minimum atomic E-state index is -0.268. The van der Waals surface area contributed by atoms with Crippen LogP contribution in [0.4, 0.5) is 5.69 Å². The summed E-state index contributed by atoms with van der Waals surface area (Å²) in [6, 6.07) is 5.28. The minimum Gasteiger partial charge on any atom is -0.399 e. The molecule has 1 fully saturated rings. The van der Waals surface area contributed by atoms with E-state index in [-0.39, 0.29) is 17.7 Å². The van der Waals surface area contributed by atoms with E-state index in [2.05, 4.69) is 0 Å². The molecule has 0 spiro atoms. The molecule has 0 aliphatic carbocycles. The zero-order chi connectivity index (χ0) is 14.0. The Bertz CT molecular complexity index is 505. The maximum absolute atomic E-state index is 12.4. The highest BCUT2D eigenvalue weighted by Crippen LogP contribution is 2.20. The summed E-state index contributed by atoms with van der Waals surface area (Å²) in [5, 5.41) is 0. The molecule has 0 bridgehead atoms. The van der Waals surface area contributed by atoms with E-state index in [0.717, 1.165) is 5.56 Å². The van der Waals surface area contributed by atoms with Gasteiger partial charge in [0.1, 0.15) is 0 Å². The molecule has 0 unspecified atom stereocenters. The van der Waals surface area contributed by atoms with Gasteiger partial charge in [0.15, 0.2) is 0 Å². The van der Waals surface area contributed by atoms with Crippen molar-refractivity contribution in [3.8, 4) is 0 Å². The summed E-state index contributed by atoms with van der Waals surface area (Å²) in [4.78, 5) is 25.3. The van der Waals surface area contributed by atoms with E-state index < -0.39 is 0 Å². The van der Waals surface area contributed by atoms with Crippen LogP contribution in [-0.4, -0.2) is 29.8 Å². The summed E-state index contributed by atoms with van der Waals surface area (Å²) in [7, 11) is 0. The van der Waals surface area contributed by atoms with E-state index in [0.29, 0.717) is 37.2 Å². The Morgan fingerprint density at radius 3 is 2.42 bits per heavy atom. The van der Waals surface area contributed by atoms with Gasteiger partial charge in [-0.2, -0.15) is 0 Å². The van der Waals surface area contributed by atoms with Gasteiger partial charge in [-0.05, 0) is 43.5 Å². The average Bonchev–Trinajstić information content (AvgIpc) is 2.38. The molecule has 0 saturated carbocycles. The lowest BCUT2D eigenvalue weighted by Gasteiger charge is -2.31. The first-order chi connectivity index (χ1) is 8.99. The lowest BCUT2D eigenvalue weighted by molar-refractivity contribution is -0.123. The van der Waals surface area contributed by atoms with Crippen molar-refractivity contribution in [2.45, 2.75) is 19.8 Å². The van der Waals surface area contributed by atoms with Crippen LogP contribution >= 0.6 is 0 Å². The number of anilines is 1. The third-order valence-electron chi connectivity index (χ3n) is 3.67. The lowest BCUT2D eigenvalue weighted by Crippen LogP contribution is -2.41. The molecule has 1 aromatic rings. The monoisotopic (exact) mass is 261 g/mol. The number of aryl methyl sites for hydroxylation is 1. The van der Waals surface area contributed by atoms with Crippen LogP contribution in [0.25, 0.3) is 0 Å². The summed E-state index contributed by atoms with van der Waals surface area (Å²) in [5.74, 6) is -0.368. The lowest BCUT2D eigenvalue weighted by atomic mass is 9.95. The van der Waals surface area contributed by atoms with E-state index in [1.54, 1.807) is 23.1 Å². The normalized spacial score (nSPS) is 16.4. The van der Waals surface area contributed by atoms with Gasteiger partial charge >= 0.3 is 0 Å². The molecule has 19 heavy (non-hydrogen) atoms. The second-order valence-corrected chi connectivity index (χ2v) is 5.04. The minimum absolute atomic E-state index is 0.000389. The Labute approximate surface area is 112 Å². The highest BCUT2D eigenvalue weighted by molar-refractivity contribution is 5.96. The summed E-state index contributed by atoms with van der Waals surface area (Å²) < 4.78 is 0. The van der Waals surface area contributed by atoms with Crippen LogP contribution in [0.2, 0.25) is 0 Å². The molecule has 4 N–H and O–H groups in total. The largest absolute Gasteiger partial charge is 0.399 e. The van der Waals surface area contributed by atoms with Crippen molar-refractivity contribution < 1.29 is 9.59 Å². The fourth-order valence-corrected chi connectivity index (χ4v) is 2.46. The summed E-state index contributed by atoms with van der Waals surface area (Å²) in [6.07, 6.45) is 1.30. The number of nitrogens with zero attached hydrogens (tertiary/aromatic N) is 1. The van der Waals surface area contributed by atoms with Crippen molar-refractivity contribution >= 4 is 17.5 Å². The van der Waals surface area contributed by atoms with Gasteiger partial charge in [-0.15, -0.1) is 0 Å². The van der Waals surface area contributed by atoms with Crippen LogP contribution in [0.1, 0.15) is 28.8 Å². The van der Waals surface area contributed by atoms with Gasteiger partial charge in [0.05, 0.1) is 0 Å². The molecular formula is C14H19N3O2. The van der Waals surface area contributed by atoms with Crippen LogP contribution < -0.4 is 11.5 Å². The average molecular weight is 261 g/mol. The number of primary amides is 1. The SMILES string of the molecule is Cc1cc(N)ccc1C(=O)N1CCC(C(N)=O)CC1. The Morgan fingerprint density at radius 1 is 1.26 bits per heavy atom. The molecule has 0 radical (unpaired) electrons. The first-order valence-electron chi connectivity index (χ1n) is 6.43. The third-order valence-corrected chi connectivity index (χ3v) is 3.67. The molecule has 1 aliphatic heterocycles. The topological polar surface area (TPSA) is 89.4 Å². The number of benzene rings is 1. The zero-order valence-electron chi connectivity index (χ0n) is 11.1. The van der Waals surface area contributed by atoms with E-state index in [1.165, 1.54) is 0 Å². The number of hydrogen-bond acceptors (Lipinski definition) is 3. The Hall–Kier alpha value is -2.04. The van der Waals surface area contributed by atoms with Gasteiger partial charge in [0.2, 0.25) is 5.91 Å². The standard InChI is InChI=1S/C14H19N3O2/c1-9-8-11(15)2-3-12(9)14(19)17-6-4-10(5-7-17)13(16)18/h2-3,8,10H,4-7,15H2,1H3,(H2,16,18). The van der Waals surface area contributed by atoms with Crippen LogP contribution in [-0.2, 0) is 4.79 Å². The van der Waals surface area contributed by atoms with Gasteiger partial charge in [-0.3, -0.25) is 9.59 Å². The molecule has 1 saturated heterocycles. The summed E-state index contributed by atoms with van der Waals surface area (Å²) in [5.41, 5.74) is 13.2. The smallest absolute Gasteiger partial charge is 0.254 e. The molecule has 0 atom stereocenters. The van der Waals surface area contributed by atoms with Crippen molar-refractivity contribution in [2.75, 3.05) is 18.8 Å². The highest BCUT2D eigenvalue weighted by Gasteiger charge is 2.26. The number of hydrogen-bond donors (Lipinski definition) is 2. The van der Waals surface area contributed by atoms with Crippen molar-refractivity contribution in [2.24, 2.45) is 11.7 Å². The number of nitrogen functional groups attached to an aromatic ring is 1. The molecule has 5 heteroatoms. The van der Waals surface area contributed by atoms with Crippen LogP contribution in [0.3, 0.4) is 0 Å². The predicted molar refractivity (Wildman–Crippen MR) is 73.4 cm³/mol. The van der Waals surface area contributed by atoms with Gasteiger partial charge < -0.3 is 16.4 Å². The number of nitrogens with two attached hydrogens (primary N) is 2. The third kappa shape index (κ3) is 2.86. The van der Waals surface area contributed by atoms with Gasteiger partial charge in [-0.25, -0.2) is 0 Å². The molecule has 102 valence electrons. The first-order valence-corrected chi connectivity index (χ1v) is 6.43. The second-order valence-electron chi connectivity index (χ2n) is 5.04. The van der Waals surface area contributed by atoms with Crippen molar-refractivity contribution in [1.82, 2.24) is 4.90 Å². The van der Waals surface area contributed by atoms with Crippen LogP contribution in [0, 0.1) is 12.8 Å². The number of rotatable bonds is 2. The molecule has 2 rings (SSSR count). The van der Waals surface area contributed by atoms with Gasteiger partial charge in [0.25, 0.3) is 5.91 Å². The Morgan fingerprint density at radius 2 is 1.89 bits per heavy atom. The number of likely N-dealkylation sites (tertiary alicyclic amines) is 1. The molecular weight excluding hydrogens is 242 g/mol. The molecule has 2 amide bonds. The molecule has 1 aliphatic rings. The van der Waals surface area contributed by atoms with Crippen molar-refractivity contribution in [1.29, 1.82) is 0 Å². The fraction of sp³-hybridized carbons (Fsp3) is 0.429.